The van der Waals surface area contributed by atoms with Crippen LogP contribution in [0.4, 0.5) is 0 Å². The molecule has 4 saturated carbocycles. The largest absolute Gasteiger partial charge is 0.481 e. The quantitative estimate of drug-likeness (QED) is 0.357. The molecule has 0 amide bonds. The number of hydrogen-bond donors (Lipinski definition) is 1. The number of rotatable bonds is 4. The van der Waals surface area contributed by atoms with Crippen molar-refractivity contribution < 1.29 is 24.2 Å². The number of hydrogen-bond acceptors (Lipinski definition) is 4. The van der Waals surface area contributed by atoms with Gasteiger partial charge in [0.1, 0.15) is 6.61 Å². The predicted molar refractivity (Wildman–Crippen MR) is 167 cm³/mol. The second-order valence-corrected chi connectivity index (χ2v) is 17.1. The summed E-state index contributed by atoms with van der Waals surface area (Å²) in [4.78, 5) is 40.5. The zero-order valence-corrected chi connectivity index (χ0v) is 27.4. The number of aliphatic carboxylic acids is 1. The van der Waals surface area contributed by atoms with E-state index in [1.165, 1.54) is 5.57 Å². The smallest absolute Gasteiger partial charge is 0.312 e. The van der Waals surface area contributed by atoms with Crippen molar-refractivity contribution in [1.82, 2.24) is 0 Å². The molecule has 234 valence electrons. The van der Waals surface area contributed by atoms with Gasteiger partial charge in [-0.1, -0.05) is 77.4 Å². The Balaban J connectivity index is 1.33. The monoisotopic (exact) mass is 588 g/mol. The third-order valence-electron chi connectivity index (χ3n) is 14.6. The molecular weight excluding hydrogens is 536 g/mol. The topological polar surface area (TPSA) is 80.7 Å². The number of carboxylic acids is 1. The maximum Gasteiger partial charge on any atom is 0.312 e. The van der Waals surface area contributed by atoms with Crippen LogP contribution in [0.3, 0.4) is 0 Å². The lowest BCUT2D eigenvalue weighted by Crippen LogP contribution is -2.66. The first kappa shape index (κ1) is 30.6. The van der Waals surface area contributed by atoms with E-state index in [2.05, 4.69) is 48.5 Å². The molecule has 6 rings (SSSR count). The van der Waals surface area contributed by atoms with Crippen LogP contribution in [0, 0.1) is 56.2 Å². The maximum atomic E-state index is 14.6. The highest BCUT2D eigenvalue weighted by molar-refractivity contribution is 5.95. The molecule has 1 aromatic rings. The van der Waals surface area contributed by atoms with Crippen LogP contribution in [0.25, 0.3) is 0 Å². The van der Waals surface area contributed by atoms with Crippen LogP contribution in [0.15, 0.2) is 42.0 Å². The summed E-state index contributed by atoms with van der Waals surface area (Å²) in [5.41, 5.74) is 0.841. The van der Waals surface area contributed by atoms with Crippen molar-refractivity contribution in [1.29, 1.82) is 0 Å². The van der Waals surface area contributed by atoms with Crippen LogP contribution in [0.2, 0.25) is 0 Å². The van der Waals surface area contributed by atoms with E-state index in [0.29, 0.717) is 6.42 Å². The van der Waals surface area contributed by atoms with Gasteiger partial charge in [0.2, 0.25) is 0 Å². The van der Waals surface area contributed by atoms with E-state index in [1.807, 2.05) is 36.4 Å². The molecule has 5 aliphatic carbocycles. The van der Waals surface area contributed by atoms with Crippen LogP contribution in [-0.4, -0.2) is 22.8 Å². The number of carbonyl (C=O) groups excluding carboxylic acids is 2. The van der Waals surface area contributed by atoms with E-state index in [0.717, 1.165) is 56.9 Å². The Kier molecular flexibility index (Phi) is 6.96. The molecule has 5 nitrogen and oxygen atoms in total. The summed E-state index contributed by atoms with van der Waals surface area (Å²) >= 11 is 0. The van der Waals surface area contributed by atoms with Crippen molar-refractivity contribution in [3.8, 4) is 0 Å². The number of carbonyl (C=O) groups is 3. The Labute approximate surface area is 258 Å². The molecule has 9 atom stereocenters. The zero-order valence-electron chi connectivity index (χ0n) is 27.4. The summed E-state index contributed by atoms with van der Waals surface area (Å²) in [7, 11) is 0. The Morgan fingerprint density at radius 3 is 2.23 bits per heavy atom. The fourth-order valence-electron chi connectivity index (χ4n) is 11.7. The van der Waals surface area contributed by atoms with E-state index < -0.39 is 11.4 Å². The highest BCUT2D eigenvalue weighted by atomic mass is 16.5. The van der Waals surface area contributed by atoms with Gasteiger partial charge in [-0.15, -0.1) is 0 Å². The second-order valence-electron chi connectivity index (χ2n) is 17.1. The lowest BCUT2D eigenvalue weighted by atomic mass is 9.33. The van der Waals surface area contributed by atoms with Crippen molar-refractivity contribution in [2.24, 2.45) is 56.2 Å². The molecule has 1 N–H and O–H groups in total. The van der Waals surface area contributed by atoms with Gasteiger partial charge in [-0.05, 0) is 115 Å². The first-order valence-corrected chi connectivity index (χ1v) is 16.7. The summed E-state index contributed by atoms with van der Waals surface area (Å²) < 4.78 is 5.92. The van der Waals surface area contributed by atoms with Gasteiger partial charge in [-0.25, -0.2) is 0 Å². The molecule has 0 bridgehead atoms. The fraction of sp³-hybridized carbons (Fsp3) is 0.711. The van der Waals surface area contributed by atoms with E-state index in [-0.39, 0.29) is 69.1 Å². The highest BCUT2D eigenvalue weighted by Crippen LogP contribution is 2.75. The number of ketones is 1. The van der Waals surface area contributed by atoms with Crippen LogP contribution >= 0.6 is 0 Å². The molecule has 1 aromatic carbocycles. The number of carboxylic acid groups (broad SMARTS) is 1. The zero-order chi connectivity index (χ0) is 31.2. The SMILES string of the molecule is CC1(C)[C@@H](C(=O)O)CC[C@]2(C)[C@H]3C(=O)C=C4[C@@H]5C[C@@](C)(C(=O)OCc6ccccc6)CC[C@]5(C)CC[C@@]4(C)[C@]3(C)CC[C@@H]12. The molecule has 0 heterocycles. The van der Waals surface area contributed by atoms with Crippen molar-refractivity contribution in [2.75, 3.05) is 0 Å². The van der Waals surface area contributed by atoms with Crippen molar-refractivity contribution in [3.05, 3.63) is 47.5 Å². The molecular formula is C38H52O5. The summed E-state index contributed by atoms with van der Waals surface area (Å²) in [6.45, 7) is 16.2. The minimum absolute atomic E-state index is 0.0662. The molecule has 0 radical (unpaired) electrons. The molecule has 4 fully saturated rings. The Morgan fingerprint density at radius 2 is 1.56 bits per heavy atom. The van der Waals surface area contributed by atoms with Crippen LogP contribution < -0.4 is 0 Å². The van der Waals surface area contributed by atoms with Crippen molar-refractivity contribution in [2.45, 2.75) is 113 Å². The van der Waals surface area contributed by atoms with E-state index in [9.17, 15) is 19.5 Å². The molecule has 43 heavy (non-hydrogen) atoms. The summed E-state index contributed by atoms with van der Waals surface area (Å²) in [5.74, 6) is -0.692. The fourth-order valence-corrected chi connectivity index (χ4v) is 11.7. The Hall–Kier alpha value is -2.43. The van der Waals surface area contributed by atoms with Crippen molar-refractivity contribution in [3.63, 3.8) is 0 Å². The summed E-state index contributed by atoms with van der Waals surface area (Å²) in [6.07, 6.45) is 10.0. The van der Waals surface area contributed by atoms with Crippen LogP contribution in [0.1, 0.15) is 112 Å². The van der Waals surface area contributed by atoms with Gasteiger partial charge in [0.05, 0.1) is 11.3 Å². The highest BCUT2D eigenvalue weighted by Gasteiger charge is 2.70. The van der Waals surface area contributed by atoms with Crippen LogP contribution in [0.5, 0.6) is 0 Å². The van der Waals surface area contributed by atoms with Gasteiger partial charge >= 0.3 is 11.9 Å². The molecule has 5 heteroatoms. The van der Waals surface area contributed by atoms with E-state index >= 15 is 0 Å². The standard InChI is InChI=1S/C38H52O5/c1-33(2)25(31(40)41)13-15-36(5)29(33)14-16-38(7)30(36)28(39)21-26-27-22-35(4,18-17-34(27,3)19-20-37(26,38)6)32(42)43-23-24-11-9-8-10-12-24/h8-12,21,25,27,29-30H,13-20,22-23H2,1-7H3,(H,40,41)/t25-,27+,29+,30-,34-,35+,36+,37-,38-/m1/s1. The molecule has 0 spiro atoms. The van der Waals surface area contributed by atoms with Crippen molar-refractivity contribution >= 4 is 17.7 Å². The first-order chi connectivity index (χ1) is 20.0. The van der Waals surface area contributed by atoms with Gasteiger partial charge in [-0.2, -0.15) is 0 Å². The second kappa shape index (κ2) is 9.78. The molecule has 0 aromatic heterocycles. The lowest BCUT2D eigenvalue weighted by Gasteiger charge is -2.70. The predicted octanol–water partition coefficient (Wildman–Crippen LogP) is 8.41. The minimum Gasteiger partial charge on any atom is -0.481 e. The first-order valence-electron chi connectivity index (χ1n) is 16.7. The van der Waals surface area contributed by atoms with Crippen LogP contribution in [-0.2, 0) is 25.7 Å². The number of ether oxygens (including phenoxy) is 1. The third-order valence-corrected chi connectivity index (χ3v) is 14.6. The number of benzene rings is 1. The average Bonchev–Trinajstić information content (AvgIpc) is 2.93. The number of allylic oxidation sites excluding steroid dienone is 2. The van der Waals surface area contributed by atoms with E-state index in [1.54, 1.807) is 0 Å². The summed E-state index contributed by atoms with van der Waals surface area (Å²) in [5, 5.41) is 10.1. The molecule has 0 unspecified atom stereocenters. The van der Waals surface area contributed by atoms with E-state index in [4.69, 9.17) is 4.74 Å². The molecule has 0 aliphatic heterocycles. The van der Waals surface area contributed by atoms with Gasteiger partial charge in [0.25, 0.3) is 0 Å². The van der Waals surface area contributed by atoms with Gasteiger partial charge < -0.3 is 9.84 Å². The number of fused-ring (bicyclic) bond motifs is 7. The molecule has 5 aliphatic rings. The lowest BCUT2D eigenvalue weighted by molar-refractivity contribution is -0.198. The van der Waals surface area contributed by atoms with Gasteiger partial charge in [-0.3, -0.25) is 14.4 Å². The number of esters is 1. The third kappa shape index (κ3) is 4.26. The molecule has 0 saturated heterocycles. The Morgan fingerprint density at radius 1 is 0.884 bits per heavy atom. The maximum absolute atomic E-state index is 14.6. The summed E-state index contributed by atoms with van der Waals surface area (Å²) in [6, 6.07) is 9.87. The minimum atomic E-state index is -0.696. The van der Waals surface area contributed by atoms with Gasteiger partial charge in [0, 0.05) is 5.92 Å². The normalized spacial score (nSPS) is 45.0. The average molecular weight is 589 g/mol. The van der Waals surface area contributed by atoms with Gasteiger partial charge in [0.15, 0.2) is 5.78 Å². The Bertz CT molecular complexity index is 1360.